The van der Waals surface area contributed by atoms with E-state index in [1.807, 2.05) is 13.8 Å². The lowest BCUT2D eigenvalue weighted by molar-refractivity contribution is -0.136. The summed E-state index contributed by atoms with van der Waals surface area (Å²) in [5.74, 6) is -1.33. The predicted molar refractivity (Wildman–Crippen MR) is 100.0 cm³/mol. The Morgan fingerprint density at radius 1 is 1.33 bits per heavy atom. The number of nitrogens with one attached hydrogen (secondary N) is 2. The lowest BCUT2D eigenvalue weighted by atomic mass is 10.1. The number of hydrogen-bond donors (Lipinski definition) is 3. The molecule has 1 unspecified atom stereocenters. The maximum absolute atomic E-state index is 12.6. The zero-order chi connectivity index (χ0) is 20.0. The molecule has 1 atom stereocenters. The van der Waals surface area contributed by atoms with Crippen LogP contribution in [-0.2, 0) is 14.3 Å². The number of rotatable bonds is 8. The summed E-state index contributed by atoms with van der Waals surface area (Å²) in [6.45, 7) is 3.78. The van der Waals surface area contributed by atoms with Crippen molar-refractivity contribution < 1.29 is 24.2 Å². The molecule has 0 saturated carbocycles. The van der Waals surface area contributed by atoms with Crippen molar-refractivity contribution in [2.24, 2.45) is 0 Å². The smallest absolute Gasteiger partial charge is 0.337 e. The molecule has 27 heavy (non-hydrogen) atoms. The first kappa shape index (κ1) is 20.4. The normalized spacial score (nSPS) is 15.0. The van der Waals surface area contributed by atoms with E-state index in [4.69, 9.17) is 9.84 Å². The number of aliphatic hydroxyl groups excluding tert-OH is 1. The molecule has 8 heteroatoms. The summed E-state index contributed by atoms with van der Waals surface area (Å²) in [6, 6.07) is 6.76. The quantitative estimate of drug-likeness (QED) is 0.583. The summed E-state index contributed by atoms with van der Waals surface area (Å²) in [4.78, 5) is 38.6. The highest BCUT2D eigenvalue weighted by molar-refractivity contribution is 6.09. The van der Waals surface area contributed by atoms with Crippen LogP contribution in [0.5, 0.6) is 0 Å². The lowest BCUT2D eigenvalue weighted by Gasteiger charge is -2.17. The Bertz CT molecular complexity index is 759. The largest absolute Gasteiger partial charge is 0.466 e. The third-order valence-electron chi connectivity index (χ3n) is 4.37. The van der Waals surface area contributed by atoms with Crippen molar-refractivity contribution in [1.82, 2.24) is 10.2 Å². The van der Waals surface area contributed by atoms with Gasteiger partial charge in [-0.1, -0.05) is 19.1 Å². The molecule has 0 spiro atoms. The maximum Gasteiger partial charge on any atom is 0.337 e. The van der Waals surface area contributed by atoms with Crippen LogP contribution < -0.4 is 10.6 Å². The third-order valence-corrected chi connectivity index (χ3v) is 4.37. The molecular weight excluding hydrogens is 350 g/mol. The molecule has 0 radical (unpaired) electrons. The average Bonchev–Trinajstić information content (AvgIpc) is 2.97. The number of para-hydroxylation sites is 1. The fourth-order valence-corrected chi connectivity index (χ4v) is 2.68. The van der Waals surface area contributed by atoms with Gasteiger partial charge in [0.1, 0.15) is 5.70 Å². The van der Waals surface area contributed by atoms with Crippen LogP contribution in [0.1, 0.15) is 30.6 Å². The minimum atomic E-state index is -0.632. The van der Waals surface area contributed by atoms with Gasteiger partial charge in [0.15, 0.2) is 0 Å². The van der Waals surface area contributed by atoms with E-state index in [2.05, 4.69) is 10.6 Å². The van der Waals surface area contributed by atoms with E-state index in [0.717, 1.165) is 6.42 Å². The molecule has 2 amide bonds. The van der Waals surface area contributed by atoms with Gasteiger partial charge in [0.05, 0.1) is 37.1 Å². The monoisotopic (exact) mass is 375 g/mol. The van der Waals surface area contributed by atoms with E-state index in [-0.39, 0.29) is 42.9 Å². The second kappa shape index (κ2) is 9.18. The lowest BCUT2D eigenvalue weighted by Crippen LogP contribution is -2.33. The Morgan fingerprint density at radius 2 is 2.04 bits per heavy atom. The first-order chi connectivity index (χ1) is 12.9. The van der Waals surface area contributed by atoms with Crippen molar-refractivity contribution in [2.45, 2.75) is 26.3 Å². The molecule has 1 aromatic rings. The highest BCUT2D eigenvalue weighted by atomic mass is 16.5. The van der Waals surface area contributed by atoms with E-state index >= 15 is 0 Å². The molecule has 146 valence electrons. The number of β-amino-alcohol motifs (C(OH)–C–C–N with tert-alkyl or cyclic N) is 1. The molecule has 1 aromatic carbocycles. The predicted octanol–water partition coefficient (Wildman–Crippen LogP) is 0.888. The second-order valence-electron chi connectivity index (χ2n) is 6.25. The van der Waals surface area contributed by atoms with Crippen molar-refractivity contribution >= 4 is 23.5 Å². The zero-order valence-corrected chi connectivity index (χ0v) is 15.7. The molecule has 1 aliphatic heterocycles. The maximum atomic E-state index is 12.6. The number of carbonyl (C=O) groups is 3. The Hall–Kier alpha value is -2.87. The van der Waals surface area contributed by atoms with E-state index in [1.165, 1.54) is 12.0 Å². The van der Waals surface area contributed by atoms with Gasteiger partial charge in [-0.3, -0.25) is 9.59 Å². The van der Waals surface area contributed by atoms with E-state index < -0.39 is 11.9 Å². The highest BCUT2D eigenvalue weighted by Crippen LogP contribution is 2.25. The number of carbonyl (C=O) groups excluding carboxylic acids is 3. The van der Waals surface area contributed by atoms with Gasteiger partial charge in [-0.2, -0.15) is 0 Å². The molecule has 0 aromatic heterocycles. The fourth-order valence-electron chi connectivity index (χ4n) is 2.68. The molecule has 0 fully saturated rings. The summed E-state index contributed by atoms with van der Waals surface area (Å²) in [7, 11) is 1.24. The molecular formula is C19H25N3O5. The molecule has 8 nitrogen and oxygen atoms in total. The number of hydrogen-bond acceptors (Lipinski definition) is 6. The van der Waals surface area contributed by atoms with Crippen LogP contribution in [0.3, 0.4) is 0 Å². The van der Waals surface area contributed by atoms with Gasteiger partial charge in [0, 0.05) is 12.6 Å². The van der Waals surface area contributed by atoms with Crippen LogP contribution in [-0.4, -0.2) is 60.6 Å². The number of nitrogens with zero attached hydrogens (tertiary/aromatic N) is 1. The molecule has 1 aliphatic rings. The topological polar surface area (TPSA) is 108 Å². The van der Waals surface area contributed by atoms with Gasteiger partial charge >= 0.3 is 5.97 Å². The minimum absolute atomic E-state index is 0.00330. The van der Waals surface area contributed by atoms with E-state index in [9.17, 15) is 14.4 Å². The Labute approximate surface area is 158 Å². The zero-order valence-electron chi connectivity index (χ0n) is 15.7. The Balaban J connectivity index is 2.35. The number of ether oxygens (including phenoxy) is 1. The first-order valence-electron chi connectivity index (χ1n) is 8.81. The summed E-state index contributed by atoms with van der Waals surface area (Å²) in [5, 5.41) is 14.9. The Morgan fingerprint density at radius 3 is 2.67 bits per heavy atom. The summed E-state index contributed by atoms with van der Waals surface area (Å²) >= 11 is 0. The SMILES string of the molecule is CCC(C)NC(=O)c1ccccc1NC1=C(C(=O)OC)CN(CCO)C1=O. The van der Waals surface area contributed by atoms with Gasteiger partial charge in [-0.05, 0) is 25.5 Å². The molecule has 0 aliphatic carbocycles. The van der Waals surface area contributed by atoms with Gasteiger partial charge in [0.25, 0.3) is 11.8 Å². The van der Waals surface area contributed by atoms with Crippen molar-refractivity contribution in [3.8, 4) is 0 Å². The summed E-state index contributed by atoms with van der Waals surface area (Å²) < 4.78 is 4.76. The first-order valence-corrected chi connectivity index (χ1v) is 8.81. The van der Waals surface area contributed by atoms with Crippen molar-refractivity contribution in [2.75, 3.05) is 32.1 Å². The van der Waals surface area contributed by atoms with Gasteiger partial charge in [-0.15, -0.1) is 0 Å². The van der Waals surface area contributed by atoms with Crippen LogP contribution in [0.2, 0.25) is 0 Å². The molecule has 1 heterocycles. The van der Waals surface area contributed by atoms with Crippen LogP contribution in [0.25, 0.3) is 0 Å². The summed E-state index contributed by atoms with van der Waals surface area (Å²) in [5.41, 5.74) is 0.990. The van der Waals surface area contributed by atoms with Crippen LogP contribution >= 0.6 is 0 Å². The summed E-state index contributed by atoms with van der Waals surface area (Å²) in [6.07, 6.45) is 0.785. The highest BCUT2D eigenvalue weighted by Gasteiger charge is 2.34. The van der Waals surface area contributed by atoms with E-state index in [0.29, 0.717) is 11.3 Å². The van der Waals surface area contributed by atoms with Crippen molar-refractivity contribution in [3.05, 3.63) is 41.1 Å². The Kier molecular flexibility index (Phi) is 6.95. The van der Waals surface area contributed by atoms with Gasteiger partial charge < -0.3 is 25.4 Å². The second-order valence-corrected chi connectivity index (χ2v) is 6.25. The third kappa shape index (κ3) is 4.65. The molecule has 0 bridgehead atoms. The van der Waals surface area contributed by atoms with Crippen LogP contribution in [0.4, 0.5) is 5.69 Å². The number of anilines is 1. The van der Waals surface area contributed by atoms with Gasteiger partial charge in [0.2, 0.25) is 0 Å². The molecule has 2 rings (SSSR count). The number of amides is 2. The van der Waals surface area contributed by atoms with Gasteiger partial charge in [-0.25, -0.2) is 4.79 Å². The van der Waals surface area contributed by atoms with Crippen molar-refractivity contribution in [1.29, 1.82) is 0 Å². The number of methoxy groups -OCH3 is 1. The number of esters is 1. The average molecular weight is 375 g/mol. The molecule has 3 N–H and O–H groups in total. The van der Waals surface area contributed by atoms with Crippen molar-refractivity contribution in [3.63, 3.8) is 0 Å². The van der Waals surface area contributed by atoms with Crippen LogP contribution in [0.15, 0.2) is 35.5 Å². The minimum Gasteiger partial charge on any atom is -0.466 e. The fraction of sp³-hybridized carbons (Fsp3) is 0.421. The van der Waals surface area contributed by atoms with E-state index in [1.54, 1.807) is 24.3 Å². The number of aliphatic hydroxyl groups is 1. The van der Waals surface area contributed by atoms with Crippen LogP contribution in [0, 0.1) is 0 Å². The molecule has 0 saturated heterocycles. The number of benzene rings is 1. The standard InChI is InChI=1S/C19H25N3O5/c1-4-12(2)20-17(24)13-7-5-6-8-15(13)21-16-14(19(26)27-3)11-22(9-10-23)18(16)25/h5-8,12,21,23H,4,9-11H2,1-3H3,(H,20,24).